The van der Waals surface area contributed by atoms with E-state index in [1.165, 1.54) is 5.56 Å². The molecule has 2 aromatic heterocycles. The number of aromatic amines is 1. The van der Waals surface area contributed by atoms with E-state index in [0.29, 0.717) is 6.54 Å². The number of halogens is 1. The smallest absolute Gasteiger partial charge is 0.131 e. The second-order valence-corrected chi connectivity index (χ2v) is 4.17. The van der Waals surface area contributed by atoms with Gasteiger partial charge in [-0.2, -0.15) is 5.10 Å². The van der Waals surface area contributed by atoms with Gasteiger partial charge in [0, 0.05) is 17.8 Å². The van der Waals surface area contributed by atoms with Gasteiger partial charge in [0.1, 0.15) is 5.76 Å². The summed E-state index contributed by atoms with van der Waals surface area (Å²) in [5.41, 5.74) is 2.28. The second kappa shape index (κ2) is 4.63. The van der Waals surface area contributed by atoms with Gasteiger partial charge in [0.05, 0.1) is 23.5 Å². The number of H-pyrrole nitrogens is 1. The lowest BCUT2D eigenvalue weighted by molar-refractivity contribution is 0.480. The highest BCUT2D eigenvalue weighted by atomic mass is 79.9. The van der Waals surface area contributed by atoms with Crippen LogP contribution in [0.1, 0.15) is 17.0 Å². The summed E-state index contributed by atoms with van der Waals surface area (Å²) in [5, 5.41) is 10.1. The van der Waals surface area contributed by atoms with E-state index in [9.17, 15) is 0 Å². The van der Waals surface area contributed by atoms with Crippen molar-refractivity contribution in [1.29, 1.82) is 0 Å². The molecule has 5 heteroatoms. The number of furan rings is 1. The van der Waals surface area contributed by atoms with Gasteiger partial charge in [-0.3, -0.25) is 5.10 Å². The number of aromatic nitrogens is 2. The highest BCUT2D eigenvalue weighted by Crippen LogP contribution is 2.17. The van der Waals surface area contributed by atoms with Crippen LogP contribution in [0.2, 0.25) is 0 Å². The normalized spacial score (nSPS) is 10.8. The molecule has 2 N–H and O–H groups in total. The molecular formula is C10H12BrN3O. The van der Waals surface area contributed by atoms with E-state index in [2.05, 4.69) is 31.4 Å². The average Bonchev–Trinajstić information content (AvgIpc) is 2.78. The molecule has 0 aliphatic rings. The van der Waals surface area contributed by atoms with Crippen LogP contribution in [-0.2, 0) is 13.1 Å². The first-order chi connectivity index (χ1) is 7.27. The van der Waals surface area contributed by atoms with Gasteiger partial charge in [-0.05, 0) is 28.9 Å². The summed E-state index contributed by atoms with van der Waals surface area (Å²) in [4.78, 5) is 0. The molecule has 0 radical (unpaired) electrons. The van der Waals surface area contributed by atoms with Crippen molar-refractivity contribution in [3.63, 3.8) is 0 Å². The Balaban J connectivity index is 1.86. The predicted molar refractivity (Wildman–Crippen MR) is 60.3 cm³/mol. The van der Waals surface area contributed by atoms with Crippen LogP contribution in [0.25, 0.3) is 0 Å². The van der Waals surface area contributed by atoms with Gasteiger partial charge in [0.15, 0.2) is 0 Å². The molecule has 0 atom stereocenters. The Hall–Kier alpha value is -1.07. The molecule has 0 aromatic carbocycles. The summed E-state index contributed by atoms with van der Waals surface area (Å²) in [6.45, 7) is 3.50. The zero-order valence-electron chi connectivity index (χ0n) is 8.38. The third-order valence-corrected chi connectivity index (χ3v) is 2.93. The van der Waals surface area contributed by atoms with Crippen molar-refractivity contribution in [2.75, 3.05) is 0 Å². The Morgan fingerprint density at radius 2 is 2.40 bits per heavy atom. The first-order valence-corrected chi connectivity index (χ1v) is 5.48. The fourth-order valence-electron chi connectivity index (χ4n) is 1.32. The summed E-state index contributed by atoms with van der Waals surface area (Å²) in [5.74, 6) is 0.913. The van der Waals surface area contributed by atoms with Gasteiger partial charge in [-0.25, -0.2) is 0 Å². The van der Waals surface area contributed by atoms with Crippen LogP contribution in [0.15, 0.2) is 27.4 Å². The Kier molecular flexibility index (Phi) is 3.23. The van der Waals surface area contributed by atoms with Gasteiger partial charge in [0.2, 0.25) is 0 Å². The molecule has 0 fully saturated rings. The third kappa shape index (κ3) is 2.49. The van der Waals surface area contributed by atoms with Crippen LogP contribution in [-0.4, -0.2) is 10.2 Å². The SMILES string of the molecule is Cc1[nH]ncc1CNCc1occc1Br. The van der Waals surface area contributed by atoms with Crippen LogP contribution < -0.4 is 5.32 Å². The van der Waals surface area contributed by atoms with E-state index in [1.807, 2.05) is 19.2 Å². The minimum absolute atomic E-state index is 0.707. The minimum Gasteiger partial charge on any atom is -0.467 e. The van der Waals surface area contributed by atoms with Crippen molar-refractivity contribution in [2.24, 2.45) is 0 Å². The van der Waals surface area contributed by atoms with Gasteiger partial charge < -0.3 is 9.73 Å². The lowest BCUT2D eigenvalue weighted by atomic mass is 10.2. The number of rotatable bonds is 4. The fraction of sp³-hybridized carbons (Fsp3) is 0.300. The molecule has 4 nitrogen and oxygen atoms in total. The highest BCUT2D eigenvalue weighted by molar-refractivity contribution is 9.10. The predicted octanol–water partition coefficient (Wildman–Crippen LogP) is 2.36. The van der Waals surface area contributed by atoms with Crippen molar-refractivity contribution in [1.82, 2.24) is 15.5 Å². The van der Waals surface area contributed by atoms with Crippen LogP contribution in [0.3, 0.4) is 0 Å². The van der Waals surface area contributed by atoms with Crippen LogP contribution in [0.4, 0.5) is 0 Å². The minimum atomic E-state index is 0.707. The Morgan fingerprint density at radius 1 is 1.53 bits per heavy atom. The van der Waals surface area contributed by atoms with Crippen molar-refractivity contribution in [2.45, 2.75) is 20.0 Å². The summed E-state index contributed by atoms with van der Waals surface area (Å²) < 4.78 is 6.28. The third-order valence-electron chi connectivity index (χ3n) is 2.23. The van der Waals surface area contributed by atoms with E-state index in [-0.39, 0.29) is 0 Å². The fourth-order valence-corrected chi connectivity index (χ4v) is 1.66. The van der Waals surface area contributed by atoms with Crippen molar-refractivity contribution >= 4 is 15.9 Å². The number of nitrogens with zero attached hydrogens (tertiary/aromatic N) is 1. The van der Waals surface area contributed by atoms with Gasteiger partial charge in [-0.15, -0.1) is 0 Å². The molecule has 0 unspecified atom stereocenters. The summed E-state index contributed by atoms with van der Waals surface area (Å²) in [6, 6.07) is 1.89. The maximum Gasteiger partial charge on any atom is 0.131 e. The van der Waals surface area contributed by atoms with Gasteiger partial charge in [-0.1, -0.05) is 0 Å². The van der Waals surface area contributed by atoms with E-state index in [4.69, 9.17) is 4.42 Å². The maximum absolute atomic E-state index is 5.28. The molecule has 80 valence electrons. The van der Waals surface area contributed by atoms with Gasteiger partial charge in [0.25, 0.3) is 0 Å². The first kappa shape index (κ1) is 10.4. The number of nitrogens with one attached hydrogen (secondary N) is 2. The lowest BCUT2D eigenvalue weighted by Crippen LogP contribution is -2.12. The quantitative estimate of drug-likeness (QED) is 0.896. The van der Waals surface area contributed by atoms with Crippen LogP contribution in [0.5, 0.6) is 0 Å². The number of hydrogen-bond acceptors (Lipinski definition) is 3. The number of hydrogen-bond donors (Lipinski definition) is 2. The monoisotopic (exact) mass is 269 g/mol. The van der Waals surface area contributed by atoms with Crippen LogP contribution >= 0.6 is 15.9 Å². The van der Waals surface area contributed by atoms with Crippen molar-refractivity contribution in [3.8, 4) is 0 Å². The molecule has 2 rings (SSSR count). The lowest BCUT2D eigenvalue weighted by Gasteiger charge is -2.01. The van der Waals surface area contributed by atoms with E-state index >= 15 is 0 Å². The molecule has 0 amide bonds. The molecule has 15 heavy (non-hydrogen) atoms. The molecule has 0 bridgehead atoms. The highest BCUT2D eigenvalue weighted by Gasteiger charge is 2.03. The number of aryl methyl sites for hydroxylation is 1. The summed E-state index contributed by atoms with van der Waals surface area (Å²) in [6.07, 6.45) is 3.50. The largest absolute Gasteiger partial charge is 0.467 e. The topological polar surface area (TPSA) is 53.9 Å². The summed E-state index contributed by atoms with van der Waals surface area (Å²) >= 11 is 3.41. The second-order valence-electron chi connectivity index (χ2n) is 3.32. The zero-order valence-corrected chi connectivity index (χ0v) is 9.97. The molecule has 2 aromatic rings. The standard InChI is InChI=1S/C10H12BrN3O/c1-7-8(5-13-14-7)4-12-6-10-9(11)2-3-15-10/h2-3,5,12H,4,6H2,1H3,(H,13,14). The Bertz CT molecular complexity index is 395. The van der Waals surface area contributed by atoms with Crippen LogP contribution in [0, 0.1) is 6.92 Å². The van der Waals surface area contributed by atoms with Crippen molar-refractivity contribution in [3.05, 3.63) is 40.0 Å². The molecular weight excluding hydrogens is 258 g/mol. The summed E-state index contributed by atoms with van der Waals surface area (Å²) in [7, 11) is 0. The van der Waals surface area contributed by atoms with E-state index in [1.54, 1.807) is 6.26 Å². The molecule has 2 heterocycles. The van der Waals surface area contributed by atoms with E-state index < -0.39 is 0 Å². The maximum atomic E-state index is 5.28. The zero-order chi connectivity index (χ0) is 10.7. The molecule has 0 saturated heterocycles. The average molecular weight is 270 g/mol. The molecule has 0 aliphatic heterocycles. The van der Waals surface area contributed by atoms with Gasteiger partial charge >= 0.3 is 0 Å². The molecule has 0 aliphatic carbocycles. The Labute approximate surface area is 96.2 Å². The Morgan fingerprint density at radius 3 is 3.00 bits per heavy atom. The van der Waals surface area contributed by atoms with E-state index in [0.717, 1.165) is 22.5 Å². The molecule has 0 saturated carbocycles. The first-order valence-electron chi connectivity index (χ1n) is 4.69. The van der Waals surface area contributed by atoms with Crippen molar-refractivity contribution < 1.29 is 4.42 Å². The molecule has 0 spiro atoms.